The van der Waals surface area contributed by atoms with Crippen molar-refractivity contribution in [1.29, 1.82) is 0 Å². The van der Waals surface area contributed by atoms with Gasteiger partial charge in [-0.15, -0.1) is 0 Å². The minimum atomic E-state index is -0.708. The van der Waals surface area contributed by atoms with Crippen molar-refractivity contribution >= 4 is 40.4 Å². The third kappa shape index (κ3) is 4.84. The second-order valence-electron chi connectivity index (χ2n) is 6.31. The number of carbonyl (C=O) groups excluding carboxylic acids is 2. The molecule has 1 aromatic carbocycles. The highest BCUT2D eigenvalue weighted by Gasteiger charge is 2.24. The normalized spacial score (nSPS) is 16.0. The summed E-state index contributed by atoms with van der Waals surface area (Å²) < 4.78 is 0. The minimum absolute atomic E-state index is 0.0959. The number of amides is 2. The number of nitrogens with one attached hydrogen (secondary N) is 2. The van der Waals surface area contributed by atoms with Gasteiger partial charge in [0.2, 0.25) is 0 Å². The van der Waals surface area contributed by atoms with Crippen LogP contribution >= 0.6 is 22.9 Å². The molecule has 1 saturated heterocycles. The Bertz CT molecular complexity index is 745. The lowest BCUT2D eigenvalue weighted by atomic mass is 10.0. The number of nitrogens with zero attached hydrogens (tertiary/aromatic N) is 1. The molecule has 1 fully saturated rings. The number of hydrogen-bond donors (Lipinski definition) is 2. The van der Waals surface area contributed by atoms with E-state index in [0.717, 1.165) is 13.1 Å². The Kier molecular flexibility index (Phi) is 6.66. The van der Waals surface area contributed by atoms with Crippen LogP contribution in [-0.2, 0) is 9.59 Å². The van der Waals surface area contributed by atoms with Gasteiger partial charge < -0.3 is 10.6 Å². The van der Waals surface area contributed by atoms with Crippen molar-refractivity contribution in [2.45, 2.75) is 25.3 Å². The van der Waals surface area contributed by atoms with E-state index >= 15 is 0 Å². The summed E-state index contributed by atoms with van der Waals surface area (Å²) in [5, 5.41) is 9.88. The summed E-state index contributed by atoms with van der Waals surface area (Å²) in [5.74, 6) is -1.36. The highest BCUT2D eigenvalue weighted by atomic mass is 35.5. The van der Waals surface area contributed by atoms with Crippen LogP contribution in [0.5, 0.6) is 0 Å². The average molecular weight is 392 g/mol. The zero-order chi connectivity index (χ0) is 18.4. The maximum Gasteiger partial charge on any atom is 0.313 e. The smallest absolute Gasteiger partial charge is 0.313 e. The van der Waals surface area contributed by atoms with Crippen LogP contribution in [0.1, 0.15) is 30.9 Å². The van der Waals surface area contributed by atoms with Gasteiger partial charge in [-0.2, -0.15) is 11.3 Å². The molecule has 26 heavy (non-hydrogen) atoms. The molecule has 0 radical (unpaired) electrons. The predicted octanol–water partition coefficient (Wildman–Crippen LogP) is 3.68. The number of benzene rings is 1. The number of rotatable bonds is 5. The van der Waals surface area contributed by atoms with Gasteiger partial charge in [-0.05, 0) is 60.5 Å². The number of halogens is 1. The van der Waals surface area contributed by atoms with E-state index in [9.17, 15) is 9.59 Å². The van der Waals surface area contributed by atoms with Crippen LogP contribution < -0.4 is 10.6 Å². The lowest BCUT2D eigenvalue weighted by Crippen LogP contribution is -2.43. The summed E-state index contributed by atoms with van der Waals surface area (Å²) in [6.45, 7) is 2.44. The van der Waals surface area contributed by atoms with Crippen molar-refractivity contribution in [3.8, 4) is 0 Å². The van der Waals surface area contributed by atoms with Crippen LogP contribution in [0.25, 0.3) is 0 Å². The molecule has 2 N–H and O–H groups in total. The molecule has 1 aliphatic heterocycles. The van der Waals surface area contributed by atoms with E-state index in [1.807, 2.05) is 5.38 Å². The highest BCUT2D eigenvalue weighted by Crippen LogP contribution is 2.26. The zero-order valence-corrected chi connectivity index (χ0v) is 16.0. The third-order valence-corrected chi connectivity index (χ3v) is 5.57. The van der Waals surface area contributed by atoms with Crippen LogP contribution in [0.3, 0.4) is 0 Å². The summed E-state index contributed by atoms with van der Waals surface area (Å²) in [6, 6.07) is 9.02. The molecule has 138 valence electrons. The van der Waals surface area contributed by atoms with Gasteiger partial charge in [0.15, 0.2) is 0 Å². The molecule has 5 nitrogen and oxygen atoms in total. The summed E-state index contributed by atoms with van der Waals surface area (Å²) in [6.07, 6.45) is 3.59. The maximum atomic E-state index is 12.2. The number of carbonyl (C=O) groups is 2. The van der Waals surface area contributed by atoms with Crippen LogP contribution in [0, 0.1) is 0 Å². The molecule has 1 aliphatic rings. The summed E-state index contributed by atoms with van der Waals surface area (Å²) >= 11 is 7.66. The Labute approximate surface area is 162 Å². The number of para-hydroxylation sites is 1. The van der Waals surface area contributed by atoms with E-state index in [2.05, 4.69) is 27.0 Å². The fourth-order valence-corrected chi connectivity index (χ4v) is 4.05. The van der Waals surface area contributed by atoms with Gasteiger partial charge in [0.1, 0.15) is 0 Å². The van der Waals surface area contributed by atoms with E-state index in [0.29, 0.717) is 17.3 Å². The fraction of sp³-hybridized carbons (Fsp3) is 0.368. The summed E-state index contributed by atoms with van der Waals surface area (Å²) in [7, 11) is 0. The molecule has 1 atom stereocenters. The second kappa shape index (κ2) is 9.16. The zero-order valence-electron chi connectivity index (χ0n) is 14.4. The Morgan fingerprint density at radius 3 is 2.58 bits per heavy atom. The topological polar surface area (TPSA) is 61.4 Å². The van der Waals surface area contributed by atoms with Crippen LogP contribution in [0.4, 0.5) is 5.69 Å². The van der Waals surface area contributed by atoms with Gasteiger partial charge in [-0.1, -0.05) is 30.2 Å². The molecule has 2 aromatic rings. The second-order valence-corrected chi connectivity index (χ2v) is 7.50. The average Bonchev–Trinajstić information content (AvgIpc) is 3.19. The third-order valence-electron chi connectivity index (χ3n) is 4.54. The predicted molar refractivity (Wildman–Crippen MR) is 106 cm³/mol. The van der Waals surface area contributed by atoms with Gasteiger partial charge in [-0.3, -0.25) is 14.5 Å². The molecular weight excluding hydrogens is 370 g/mol. The van der Waals surface area contributed by atoms with Crippen molar-refractivity contribution in [3.63, 3.8) is 0 Å². The van der Waals surface area contributed by atoms with E-state index in [1.165, 1.54) is 24.8 Å². The van der Waals surface area contributed by atoms with Crippen molar-refractivity contribution in [3.05, 3.63) is 51.7 Å². The SMILES string of the molecule is O=C(NCC(c1ccsc1)N1CCCCC1)C(=O)Nc1ccccc1Cl. The van der Waals surface area contributed by atoms with Gasteiger partial charge in [0.25, 0.3) is 0 Å². The van der Waals surface area contributed by atoms with E-state index in [4.69, 9.17) is 11.6 Å². The van der Waals surface area contributed by atoms with Crippen LogP contribution in [-0.4, -0.2) is 36.3 Å². The number of piperidine rings is 1. The number of thiophene rings is 1. The Hall–Kier alpha value is -1.89. The quantitative estimate of drug-likeness (QED) is 0.764. The first-order chi connectivity index (χ1) is 12.6. The Morgan fingerprint density at radius 2 is 1.88 bits per heavy atom. The summed E-state index contributed by atoms with van der Waals surface area (Å²) in [4.78, 5) is 26.8. The van der Waals surface area contributed by atoms with E-state index in [-0.39, 0.29) is 6.04 Å². The Morgan fingerprint density at radius 1 is 1.12 bits per heavy atom. The molecular formula is C19H22ClN3O2S. The monoisotopic (exact) mass is 391 g/mol. The van der Waals surface area contributed by atoms with Crippen LogP contribution in [0.15, 0.2) is 41.1 Å². The van der Waals surface area contributed by atoms with Crippen molar-refractivity contribution in [1.82, 2.24) is 10.2 Å². The van der Waals surface area contributed by atoms with Gasteiger partial charge in [0.05, 0.1) is 16.8 Å². The van der Waals surface area contributed by atoms with Crippen molar-refractivity contribution < 1.29 is 9.59 Å². The maximum absolute atomic E-state index is 12.2. The van der Waals surface area contributed by atoms with Gasteiger partial charge in [0, 0.05) is 6.54 Å². The molecule has 0 bridgehead atoms. The molecule has 0 saturated carbocycles. The minimum Gasteiger partial charge on any atom is -0.346 e. The molecule has 1 aromatic heterocycles. The molecule has 3 rings (SSSR count). The molecule has 0 spiro atoms. The lowest BCUT2D eigenvalue weighted by molar-refractivity contribution is -0.136. The molecule has 7 heteroatoms. The fourth-order valence-electron chi connectivity index (χ4n) is 3.16. The summed E-state index contributed by atoms with van der Waals surface area (Å²) in [5.41, 5.74) is 1.61. The first-order valence-corrected chi connectivity index (χ1v) is 10.1. The number of hydrogen-bond acceptors (Lipinski definition) is 4. The van der Waals surface area contributed by atoms with Crippen LogP contribution in [0.2, 0.25) is 5.02 Å². The van der Waals surface area contributed by atoms with E-state index in [1.54, 1.807) is 35.6 Å². The van der Waals surface area contributed by atoms with Gasteiger partial charge in [-0.25, -0.2) is 0 Å². The molecule has 2 heterocycles. The van der Waals surface area contributed by atoms with E-state index < -0.39 is 11.8 Å². The highest BCUT2D eigenvalue weighted by molar-refractivity contribution is 7.08. The molecule has 2 amide bonds. The number of likely N-dealkylation sites (tertiary alicyclic amines) is 1. The first-order valence-electron chi connectivity index (χ1n) is 8.75. The lowest BCUT2D eigenvalue weighted by Gasteiger charge is -2.34. The first kappa shape index (κ1) is 18.9. The Balaban J connectivity index is 1.60. The van der Waals surface area contributed by atoms with Crippen molar-refractivity contribution in [2.75, 3.05) is 25.0 Å². The molecule has 1 unspecified atom stereocenters. The number of anilines is 1. The molecule has 0 aliphatic carbocycles. The van der Waals surface area contributed by atoms with Crippen molar-refractivity contribution in [2.24, 2.45) is 0 Å². The van der Waals surface area contributed by atoms with Gasteiger partial charge >= 0.3 is 11.8 Å². The largest absolute Gasteiger partial charge is 0.346 e. The standard InChI is InChI=1S/C19H22ClN3O2S/c20-15-6-2-3-7-16(15)22-19(25)18(24)21-12-17(14-8-11-26-13-14)23-9-4-1-5-10-23/h2-3,6-8,11,13,17H,1,4-5,9-10,12H2,(H,21,24)(H,22,25).